The Labute approximate surface area is 149 Å². The fraction of sp³-hybridized carbons (Fsp3) is 0.667. The molecule has 1 aromatic heterocycles. The van der Waals surface area contributed by atoms with Gasteiger partial charge in [0.15, 0.2) is 5.96 Å². The number of hydrogen-bond donors (Lipinski definition) is 2. The van der Waals surface area contributed by atoms with Crippen LogP contribution >= 0.6 is 35.3 Å². The van der Waals surface area contributed by atoms with E-state index in [-0.39, 0.29) is 24.0 Å². The molecule has 0 spiro atoms. The lowest BCUT2D eigenvalue weighted by molar-refractivity contribution is 0.267. The minimum Gasteiger partial charge on any atom is -0.356 e. The van der Waals surface area contributed by atoms with E-state index >= 15 is 0 Å². The van der Waals surface area contributed by atoms with E-state index in [0.717, 1.165) is 32.0 Å². The van der Waals surface area contributed by atoms with Crippen LogP contribution in [0.2, 0.25) is 0 Å². The molecule has 2 heterocycles. The first-order chi connectivity index (χ1) is 9.83. The van der Waals surface area contributed by atoms with Crippen molar-refractivity contribution in [1.29, 1.82) is 0 Å². The number of nitrogens with zero attached hydrogens (tertiary/aromatic N) is 2. The second kappa shape index (κ2) is 10.4. The van der Waals surface area contributed by atoms with E-state index < -0.39 is 0 Å². The third-order valence-corrected chi connectivity index (χ3v) is 4.81. The van der Waals surface area contributed by atoms with Gasteiger partial charge in [0.1, 0.15) is 0 Å². The van der Waals surface area contributed by atoms with Crippen molar-refractivity contribution in [3.05, 3.63) is 22.4 Å². The van der Waals surface area contributed by atoms with Gasteiger partial charge < -0.3 is 10.6 Å². The molecule has 120 valence electrons. The summed E-state index contributed by atoms with van der Waals surface area (Å²) in [7, 11) is 1.84. The summed E-state index contributed by atoms with van der Waals surface area (Å²) in [5.41, 5.74) is 0. The maximum atomic E-state index is 4.30. The zero-order valence-corrected chi connectivity index (χ0v) is 16.1. The highest BCUT2D eigenvalue weighted by atomic mass is 127. The Hall–Kier alpha value is -0.340. The number of thiophene rings is 1. The molecular formula is C15H27IN4S. The first kappa shape index (κ1) is 18.7. The van der Waals surface area contributed by atoms with Gasteiger partial charge >= 0.3 is 0 Å². The second-order valence-electron chi connectivity index (χ2n) is 5.13. The molecule has 1 aromatic rings. The molecular weight excluding hydrogens is 395 g/mol. The number of likely N-dealkylation sites (N-methyl/N-ethyl adjacent to an activating group) is 1. The molecule has 21 heavy (non-hydrogen) atoms. The Balaban J connectivity index is 0.00000220. The number of likely N-dealkylation sites (tertiary alicyclic amines) is 1. The Morgan fingerprint density at radius 2 is 2.33 bits per heavy atom. The molecule has 1 fully saturated rings. The summed E-state index contributed by atoms with van der Waals surface area (Å²) in [5, 5.41) is 8.97. The van der Waals surface area contributed by atoms with Crippen molar-refractivity contribution >= 4 is 41.3 Å². The summed E-state index contributed by atoms with van der Waals surface area (Å²) in [4.78, 5) is 8.26. The largest absolute Gasteiger partial charge is 0.356 e. The van der Waals surface area contributed by atoms with Crippen LogP contribution < -0.4 is 10.6 Å². The summed E-state index contributed by atoms with van der Waals surface area (Å²) >= 11 is 1.81. The van der Waals surface area contributed by atoms with Gasteiger partial charge in [0.2, 0.25) is 0 Å². The highest BCUT2D eigenvalue weighted by molar-refractivity contribution is 14.0. The quantitative estimate of drug-likeness (QED) is 0.421. The molecule has 0 amide bonds. The van der Waals surface area contributed by atoms with E-state index in [4.69, 9.17) is 0 Å². The minimum absolute atomic E-state index is 0. The van der Waals surface area contributed by atoms with Crippen molar-refractivity contribution in [3.63, 3.8) is 0 Å². The molecule has 6 heteroatoms. The normalized spacial score (nSPS) is 19.3. The van der Waals surface area contributed by atoms with Crippen LogP contribution in [-0.4, -0.2) is 50.1 Å². The van der Waals surface area contributed by atoms with E-state index in [1.165, 1.54) is 24.3 Å². The molecule has 2 N–H and O–H groups in total. The maximum Gasteiger partial charge on any atom is 0.191 e. The summed E-state index contributed by atoms with van der Waals surface area (Å²) in [5.74, 6) is 0.921. The zero-order chi connectivity index (χ0) is 14.2. The Morgan fingerprint density at radius 1 is 1.48 bits per heavy atom. The van der Waals surface area contributed by atoms with E-state index in [2.05, 4.69) is 45.0 Å². The van der Waals surface area contributed by atoms with Gasteiger partial charge in [-0.25, -0.2) is 0 Å². The summed E-state index contributed by atoms with van der Waals surface area (Å²) < 4.78 is 0. The molecule has 2 rings (SSSR count). The highest BCUT2D eigenvalue weighted by Crippen LogP contribution is 2.15. The average Bonchev–Trinajstić information content (AvgIpc) is 3.13. The predicted molar refractivity (Wildman–Crippen MR) is 103 cm³/mol. The van der Waals surface area contributed by atoms with Gasteiger partial charge in [0.05, 0.1) is 0 Å². The lowest BCUT2D eigenvalue weighted by Gasteiger charge is -2.23. The van der Waals surface area contributed by atoms with Crippen LogP contribution in [0.15, 0.2) is 22.5 Å². The summed E-state index contributed by atoms with van der Waals surface area (Å²) in [6.45, 7) is 6.56. The van der Waals surface area contributed by atoms with E-state index in [1.807, 2.05) is 18.4 Å². The van der Waals surface area contributed by atoms with Crippen LogP contribution in [0.5, 0.6) is 0 Å². The molecule has 0 aromatic carbocycles. The Kier molecular flexibility index (Phi) is 9.26. The lowest BCUT2D eigenvalue weighted by atomic mass is 10.2. The van der Waals surface area contributed by atoms with Crippen LogP contribution in [0.25, 0.3) is 0 Å². The van der Waals surface area contributed by atoms with Crippen LogP contribution in [-0.2, 0) is 6.42 Å². The molecule has 1 aliphatic rings. The van der Waals surface area contributed by atoms with Gasteiger partial charge in [-0.2, -0.15) is 0 Å². The number of hydrogen-bond acceptors (Lipinski definition) is 3. The Bertz CT molecular complexity index is 408. The van der Waals surface area contributed by atoms with Crippen LogP contribution in [0.4, 0.5) is 0 Å². The SMILES string of the molecule is CCN1CCCC1CNC(=NC)NCCc1cccs1.I. The number of aliphatic imine (C=N–C) groups is 1. The highest BCUT2D eigenvalue weighted by Gasteiger charge is 2.22. The molecule has 4 nitrogen and oxygen atoms in total. The molecule has 0 aliphatic carbocycles. The fourth-order valence-electron chi connectivity index (χ4n) is 2.74. The number of guanidine groups is 1. The van der Waals surface area contributed by atoms with Crippen LogP contribution in [0.3, 0.4) is 0 Å². The fourth-order valence-corrected chi connectivity index (χ4v) is 3.45. The smallest absolute Gasteiger partial charge is 0.191 e. The topological polar surface area (TPSA) is 39.7 Å². The standard InChI is InChI=1S/C15H26N4S.HI/c1-3-19-10-4-6-13(19)12-18-15(16-2)17-9-8-14-7-5-11-20-14;/h5,7,11,13H,3-4,6,8-10,12H2,1-2H3,(H2,16,17,18);1H. The van der Waals surface area contributed by atoms with Gasteiger partial charge in [-0.3, -0.25) is 9.89 Å². The minimum atomic E-state index is 0. The lowest BCUT2D eigenvalue weighted by Crippen LogP contribution is -2.45. The van der Waals surface area contributed by atoms with Gasteiger partial charge in [0.25, 0.3) is 0 Å². The average molecular weight is 422 g/mol. The first-order valence-corrected chi connectivity index (χ1v) is 8.42. The molecule has 0 saturated carbocycles. The molecule has 1 unspecified atom stereocenters. The summed E-state index contributed by atoms with van der Waals surface area (Å²) in [6.07, 6.45) is 3.68. The Morgan fingerprint density at radius 3 is 3.00 bits per heavy atom. The first-order valence-electron chi connectivity index (χ1n) is 7.54. The summed E-state index contributed by atoms with van der Waals surface area (Å²) in [6, 6.07) is 4.95. The van der Waals surface area contributed by atoms with Crippen molar-refractivity contribution in [3.8, 4) is 0 Å². The van der Waals surface area contributed by atoms with Gasteiger partial charge in [-0.15, -0.1) is 35.3 Å². The number of rotatable bonds is 6. The molecule has 0 bridgehead atoms. The number of nitrogens with one attached hydrogen (secondary N) is 2. The third kappa shape index (κ3) is 6.12. The predicted octanol–water partition coefficient (Wildman–Crippen LogP) is 2.56. The van der Waals surface area contributed by atoms with Crippen molar-refractivity contribution in [2.75, 3.05) is 33.2 Å². The number of halogens is 1. The van der Waals surface area contributed by atoms with Crippen molar-refractivity contribution in [2.45, 2.75) is 32.2 Å². The van der Waals surface area contributed by atoms with E-state index in [0.29, 0.717) is 6.04 Å². The van der Waals surface area contributed by atoms with Crippen LogP contribution in [0, 0.1) is 0 Å². The maximum absolute atomic E-state index is 4.30. The zero-order valence-electron chi connectivity index (χ0n) is 13.0. The van der Waals surface area contributed by atoms with Gasteiger partial charge in [0, 0.05) is 31.1 Å². The second-order valence-corrected chi connectivity index (χ2v) is 6.17. The molecule has 1 saturated heterocycles. The molecule has 0 radical (unpaired) electrons. The van der Waals surface area contributed by atoms with Gasteiger partial charge in [-0.05, 0) is 43.8 Å². The van der Waals surface area contributed by atoms with Gasteiger partial charge in [-0.1, -0.05) is 13.0 Å². The molecule has 1 aliphatic heterocycles. The van der Waals surface area contributed by atoms with E-state index in [1.54, 1.807) is 0 Å². The van der Waals surface area contributed by atoms with E-state index in [9.17, 15) is 0 Å². The van der Waals surface area contributed by atoms with Crippen molar-refractivity contribution < 1.29 is 0 Å². The van der Waals surface area contributed by atoms with Crippen molar-refractivity contribution in [2.24, 2.45) is 4.99 Å². The monoisotopic (exact) mass is 422 g/mol. The third-order valence-electron chi connectivity index (χ3n) is 3.88. The molecule has 1 atom stereocenters. The van der Waals surface area contributed by atoms with Crippen molar-refractivity contribution in [1.82, 2.24) is 15.5 Å². The van der Waals surface area contributed by atoms with Crippen LogP contribution in [0.1, 0.15) is 24.6 Å².